The Morgan fingerprint density at radius 3 is 2.48 bits per heavy atom. The van der Waals surface area contributed by atoms with Crippen LogP contribution in [0.4, 0.5) is 9.93 Å². The number of carbonyl (C=O) groups is 4. The van der Waals surface area contributed by atoms with Crippen molar-refractivity contribution in [2.24, 2.45) is 11.1 Å². The van der Waals surface area contributed by atoms with Crippen LogP contribution in [0.5, 0.6) is 5.75 Å². The molecule has 1 aliphatic heterocycles. The zero-order valence-electron chi connectivity index (χ0n) is 22.9. The van der Waals surface area contributed by atoms with Gasteiger partial charge in [0.05, 0.1) is 18.3 Å². The summed E-state index contributed by atoms with van der Waals surface area (Å²) in [4.78, 5) is 70.3. The fourth-order valence-corrected chi connectivity index (χ4v) is 5.29. The number of pyridine rings is 1. The van der Waals surface area contributed by atoms with Gasteiger partial charge in [-0.2, -0.15) is 13.1 Å². The lowest BCUT2D eigenvalue weighted by atomic mass is 9.98. The Morgan fingerprint density at radius 2 is 1.91 bits per heavy atom. The highest BCUT2D eigenvalue weighted by molar-refractivity contribution is 7.84. The first-order chi connectivity index (χ1) is 20.5. The number of hydrogen-bond donors (Lipinski definition) is 8. The number of nitrogens with two attached hydrogens (primary N) is 1. The van der Waals surface area contributed by atoms with Crippen molar-refractivity contribution in [2.45, 2.75) is 45.0 Å². The van der Waals surface area contributed by atoms with Gasteiger partial charge in [-0.15, -0.1) is 11.3 Å². The number of carboxylic acids is 1. The van der Waals surface area contributed by atoms with E-state index in [9.17, 15) is 52.4 Å². The minimum Gasteiger partial charge on any atom is -0.508 e. The summed E-state index contributed by atoms with van der Waals surface area (Å²) in [7, 11) is -5.15. The molecule has 2 aromatic rings. The van der Waals surface area contributed by atoms with Gasteiger partial charge in [0.1, 0.15) is 17.5 Å². The minimum atomic E-state index is -5.15. The average Bonchev–Trinajstić information content (AvgIpc) is 3.34. The summed E-state index contributed by atoms with van der Waals surface area (Å²) in [6.07, 6.45) is -1.43. The second kappa shape index (κ2) is 13.6. The third kappa shape index (κ3) is 8.11. The van der Waals surface area contributed by atoms with Gasteiger partial charge in [-0.3, -0.25) is 18.9 Å². The number of carboxylic acid groups (broad SMARTS) is 1. The second-order valence-electron chi connectivity index (χ2n) is 9.62. The molecule has 2 aromatic heterocycles. The molecule has 3 atom stereocenters. The Bertz CT molecular complexity index is 1640. The van der Waals surface area contributed by atoms with Crippen molar-refractivity contribution in [2.75, 3.05) is 12.3 Å². The summed E-state index contributed by atoms with van der Waals surface area (Å²) in [6, 6.07) is -2.50. The normalized spacial score (nSPS) is 17.5. The number of nitrogens with one attached hydrogen (secondary N) is 3. The molecule has 44 heavy (non-hydrogen) atoms. The minimum absolute atomic E-state index is 0.00623. The predicted molar refractivity (Wildman–Crippen MR) is 149 cm³/mol. The van der Waals surface area contributed by atoms with E-state index in [0.717, 1.165) is 23.5 Å². The van der Waals surface area contributed by atoms with Gasteiger partial charge in [0.15, 0.2) is 10.8 Å². The second-order valence-corrected chi connectivity index (χ2v) is 11.8. The number of oxime groups is 1. The highest BCUT2D eigenvalue weighted by Crippen LogP contribution is 2.24. The molecule has 4 amide bonds. The molecule has 0 bridgehead atoms. The van der Waals surface area contributed by atoms with E-state index >= 15 is 0 Å². The Kier molecular flexibility index (Phi) is 10.3. The topological polar surface area (TPSA) is 305 Å². The SMILES string of the molecule is CC(C)C[C@H](O/N=C(\C(=O)N[C@@H]1C(=O)N(S(=O)(=O)O)[C@@H]1CNC(=O)NCc1cc(O)cc(=O)n1O)c1csc(N)n1)C(=O)O. The van der Waals surface area contributed by atoms with Gasteiger partial charge >= 0.3 is 22.3 Å². The molecule has 0 unspecified atom stereocenters. The third-order valence-electron chi connectivity index (χ3n) is 5.88. The first-order valence-electron chi connectivity index (χ1n) is 12.4. The molecule has 3 heterocycles. The summed E-state index contributed by atoms with van der Waals surface area (Å²) >= 11 is 0.905. The molecule has 0 aliphatic carbocycles. The number of hydrogen-bond acceptors (Lipinski definition) is 14. The van der Waals surface area contributed by atoms with E-state index in [-0.39, 0.29) is 37.9 Å². The Hall–Kier alpha value is -4.96. The average molecular weight is 661 g/mol. The molecule has 20 nitrogen and oxygen atoms in total. The zero-order chi connectivity index (χ0) is 32.9. The number of aliphatic carboxylic acids is 1. The van der Waals surface area contributed by atoms with E-state index in [0.29, 0.717) is 0 Å². The van der Waals surface area contributed by atoms with E-state index < -0.39 is 82.4 Å². The van der Waals surface area contributed by atoms with Crippen LogP contribution in [0.25, 0.3) is 0 Å². The number of urea groups is 1. The first-order valence-corrected chi connectivity index (χ1v) is 14.7. The van der Waals surface area contributed by atoms with Gasteiger partial charge in [0, 0.05) is 30.5 Å². The lowest BCUT2D eigenvalue weighted by molar-refractivity contribution is -0.151. The summed E-state index contributed by atoms with van der Waals surface area (Å²) in [5.74, 6) is -4.42. The molecule has 22 heteroatoms. The van der Waals surface area contributed by atoms with E-state index in [1.807, 2.05) is 0 Å². The quantitative estimate of drug-likeness (QED) is 0.0381. The maximum Gasteiger partial charge on any atom is 0.362 e. The molecule has 1 saturated heterocycles. The number of rotatable bonds is 13. The molecule has 0 saturated carbocycles. The van der Waals surface area contributed by atoms with Crippen LogP contribution in [0, 0.1) is 5.92 Å². The Morgan fingerprint density at radius 1 is 1.23 bits per heavy atom. The number of anilines is 1. The fourth-order valence-electron chi connectivity index (χ4n) is 3.86. The van der Waals surface area contributed by atoms with Crippen molar-refractivity contribution in [3.05, 3.63) is 39.3 Å². The van der Waals surface area contributed by atoms with Crippen molar-refractivity contribution in [3.63, 3.8) is 0 Å². The smallest absolute Gasteiger partial charge is 0.362 e. The van der Waals surface area contributed by atoms with Crippen LogP contribution in [-0.2, 0) is 36.1 Å². The number of thiazole rings is 1. The third-order valence-corrected chi connectivity index (χ3v) is 7.51. The van der Waals surface area contributed by atoms with Gasteiger partial charge < -0.3 is 41.9 Å². The van der Waals surface area contributed by atoms with Crippen molar-refractivity contribution in [1.82, 2.24) is 30.0 Å². The van der Waals surface area contributed by atoms with Crippen LogP contribution in [0.1, 0.15) is 31.7 Å². The standard InChI is InChI=1S/C22H28N8O12S2/c1-9(2)3-14(20(35)36)42-28-16(12-8-43-21(23)26-12)18(33)27-17-13(30(19(17)34)44(39,40)41)7-25-22(37)24-6-10-4-11(31)5-15(32)29(10)38/h4-5,8-9,13-14,17,31,38H,3,6-7H2,1-2H3,(H2,23,26)(H,27,33)(H,35,36)(H2,24,25,37)(H,39,40,41)/b28-16-/t13-,14+,17+/m1/s1. The number of nitrogen functional groups attached to an aromatic ring is 1. The fraction of sp³-hybridized carbons (Fsp3) is 0.409. The van der Waals surface area contributed by atoms with Crippen molar-refractivity contribution >= 4 is 56.3 Å². The highest BCUT2D eigenvalue weighted by Gasteiger charge is 2.54. The summed E-state index contributed by atoms with van der Waals surface area (Å²) in [6.45, 7) is 2.32. The van der Waals surface area contributed by atoms with Crippen LogP contribution in [0.3, 0.4) is 0 Å². The Labute approximate surface area is 252 Å². The number of carbonyl (C=O) groups excluding carboxylic acids is 3. The monoisotopic (exact) mass is 660 g/mol. The van der Waals surface area contributed by atoms with Crippen LogP contribution in [-0.4, -0.2) is 96.7 Å². The highest BCUT2D eigenvalue weighted by atomic mass is 32.2. The van der Waals surface area contributed by atoms with Gasteiger partial charge in [-0.1, -0.05) is 19.0 Å². The van der Waals surface area contributed by atoms with Crippen molar-refractivity contribution in [1.29, 1.82) is 0 Å². The summed E-state index contributed by atoms with van der Waals surface area (Å²) in [5, 5.41) is 40.2. The van der Waals surface area contributed by atoms with E-state index in [1.54, 1.807) is 13.8 Å². The Balaban J connectivity index is 1.77. The number of amides is 4. The molecule has 0 spiro atoms. The maximum absolute atomic E-state index is 13.2. The van der Waals surface area contributed by atoms with Crippen LogP contribution < -0.4 is 27.2 Å². The number of nitrogens with zero attached hydrogens (tertiary/aromatic N) is 4. The largest absolute Gasteiger partial charge is 0.508 e. The molecule has 1 fully saturated rings. The van der Waals surface area contributed by atoms with Gasteiger partial charge in [-0.25, -0.2) is 18.9 Å². The lowest BCUT2D eigenvalue weighted by Gasteiger charge is -2.44. The van der Waals surface area contributed by atoms with Crippen LogP contribution in [0.15, 0.2) is 27.5 Å². The van der Waals surface area contributed by atoms with E-state index in [4.69, 9.17) is 10.6 Å². The molecule has 1 aliphatic rings. The molecule has 0 aromatic carbocycles. The van der Waals surface area contributed by atoms with E-state index in [1.165, 1.54) is 5.38 Å². The zero-order valence-corrected chi connectivity index (χ0v) is 24.5. The first kappa shape index (κ1) is 33.5. The molecule has 3 rings (SSSR count). The predicted octanol–water partition coefficient (Wildman–Crippen LogP) is -1.95. The molecular formula is C22H28N8O12S2. The summed E-state index contributed by atoms with van der Waals surface area (Å²) in [5.41, 5.74) is 3.68. The number of aromatic hydroxyl groups is 1. The lowest BCUT2D eigenvalue weighted by Crippen LogP contribution is -2.74. The van der Waals surface area contributed by atoms with E-state index in [2.05, 4.69) is 26.1 Å². The van der Waals surface area contributed by atoms with Crippen molar-refractivity contribution < 1.29 is 52.4 Å². The molecular weight excluding hydrogens is 632 g/mol. The number of β-lactam (4-membered cyclic amide) rings is 1. The van der Waals surface area contributed by atoms with Crippen molar-refractivity contribution in [3.8, 4) is 5.75 Å². The van der Waals surface area contributed by atoms with Crippen LogP contribution in [0.2, 0.25) is 0 Å². The maximum atomic E-state index is 13.2. The molecule has 0 radical (unpaired) electrons. The number of aromatic nitrogens is 2. The van der Waals surface area contributed by atoms with Crippen LogP contribution >= 0.6 is 11.3 Å². The summed E-state index contributed by atoms with van der Waals surface area (Å²) < 4.78 is 33.3. The van der Waals surface area contributed by atoms with Gasteiger partial charge in [0.25, 0.3) is 17.4 Å². The van der Waals surface area contributed by atoms with Gasteiger partial charge in [0.2, 0.25) is 6.10 Å². The molecule has 240 valence electrons. The van der Waals surface area contributed by atoms with Gasteiger partial charge in [-0.05, 0) is 5.92 Å². The molecule has 9 N–H and O–H groups in total.